The predicted molar refractivity (Wildman–Crippen MR) is 101 cm³/mol. The fourth-order valence-electron chi connectivity index (χ4n) is 3.82. The van der Waals surface area contributed by atoms with E-state index in [-0.39, 0.29) is 30.4 Å². The Hall–Kier alpha value is -1.92. The van der Waals surface area contributed by atoms with Gasteiger partial charge in [0.15, 0.2) is 0 Å². The zero-order valence-corrected chi connectivity index (χ0v) is 15.6. The number of rotatable bonds is 7. The summed E-state index contributed by atoms with van der Waals surface area (Å²) in [5.74, 6) is -0.605. The summed E-state index contributed by atoms with van der Waals surface area (Å²) in [6.07, 6.45) is -0.982. The van der Waals surface area contributed by atoms with Crippen molar-refractivity contribution >= 4 is 0 Å². The molecule has 0 spiro atoms. The monoisotopic (exact) mass is 395 g/mol. The summed E-state index contributed by atoms with van der Waals surface area (Å²) in [6.45, 7) is 1.62. The standard InChI is InChI=1S/C22H25F4NO/c23-18-7-3-16(4-8-18)20(17-5-9-19(24)10-6-17)2-1-13-27-14-11-22(28,12-15-27)21(25)26/h3-10,20-21,28H,1-2,11-15H2. The largest absolute Gasteiger partial charge is 0.384 e. The molecule has 0 amide bonds. The lowest BCUT2D eigenvalue weighted by atomic mass is 9.87. The highest BCUT2D eigenvalue weighted by Gasteiger charge is 2.40. The number of aliphatic hydroxyl groups is 1. The van der Waals surface area contributed by atoms with Crippen LogP contribution in [0.2, 0.25) is 0 Å². The fraction of sp³-hybridized carbons (Fsp3) is 0.455. The van der Waals surface area contributed by atoms with E-state index in [0.717, 1.165) is 30.5 Å². The van der Waals surface area contributed by atoms with Crippen LogP contribution in [-0.4, -0.2) is 41.7 Å². The Morgan fingerprint density at radius 3 is 1.75 bits per heavy atom. The van der Waals surface area contributed by atoms with E-state index in [1.54, 1.807) is 24.3 Å². The van der Waals surface area contributed by atoms with Gasteiger partial charge in [-0.2, -0.15) is 0 Å². The van der Waals surface area contributed by atoms with Crippen LogP contribution >= 0.6 is 0 Å². The fourth-order valence-corrected chi connectivity index (χ4v) is 3.82. The van der Waals surface area contributed by atoms with Crippen LogP contribution in [0.3, 0.4) is 0 Å². The third-order valence-electron chi connectivity index (χ3n) is 5.64. The molecule has 0 radical (unpaired) electrons. The van der Waals surface area contributed by atoms with Crippen LogP contribution in [0, 0.1) is 11.6 Å². The van der Waals surface area contributed by atoms with Gasteiger partial charge in [-0.15, -0.1) is 0 Å². The number of nitrogens with zero attached hydrogens (tertiary/aromatic N) is 1. The Morgan fingerprint density at radius 1 is 0.857 bits per heavy atom. The molecule has 0 aromatic heterocycles. The van der Waals surface area contributed by atoms with E-state index in [9.17, 15) is 22.7 Å². The number of hydrogen-bond donors (Lipinski definition) is 1. The topological polar surface area (TPSA) is 23.5 Å². The molecule has 0 unspecified atom stereocenters. The molecule has 152 valence electrons. The highest BCUT2D eigenvalue weighted by atomic mass is 19.3. The SMILES string of the molecule is OC1(C(F)F)CCN(CCCC(c2ccc(F)cc2)c2ccc(F)cc2)CC1. The summed E-state index contributed by atoms with van der Waals surface area (Å²) < 4.78 is 52.4. The Balaban J connectivity index is 1.61. The van der Waals surface area contributed by atoms with Gasteiger partial charge in [-0.3, -0.25) is 0 Å². The number of likely N-dealkylation sites (tertiary alicyclic amines) is 1. The third-order valence-corrected chi connectivity index (χ3v) is 5.64. The average Bonchev–Trinajstić information content (AvgIpc) is 2.68. The van der Waals surface area contributed by atoms with Gasteiger partial charge in [0.2, 0.25) is 0 Å². The van der Waals surface area contributed by atoms with Crippen LogP contribution in [-0.2, 0) is 0 Å². The van der Waals surface area contributed by atoms with Gasteiger partial charge >= 0.3 is 0 Å². The van der Waals surface area contributed by atoms with Gasteiger partial charge in [0.05, 0.1) is 0 Å². The van der Waals surface area contributed by atoms with Crippen molar-refractivity contribution in [1.82, 2.24) is 4.90 Å². The van der Waals surface area contributed by atoms with Crippen LogP contribution in [0.1, 0.15) is 42.7 Å². The highest BCUT2D eigenvalue weighted by molar-refractivity contribution is 5.32. The van der Waals surface area contributed by atoms with E-state index >= 15 is 0 Å². The molecule has 2 aromatic carbocycles. The van der Waals surface area contributed by atoms with Gasteiger partial charge in [0.1, 0.15) is 17.2 Å². The van der Waals surface area contributed by atoms with Gasteiger partial charge in [-0.05, 0) is 67.6 Å². The molecular weight excluding hydrogens is 370 g/mol. The number of halogens is 4. The average molecular weight is 395 g/mol. The van der Waals surface area contributed by atoms with Crippen LogP contribution in [0.5, 0.6) is 0 Å². The summed E-state index contributed by atoms with van der Waals surface area (Å²) in [7, 11) is 0. The second kappa shape index (κ2) is 9.05. The van der Waals surface area contributed by atoms with Crippen molar-refractivity contribution in [3.05, 3.63) is 71.3 Å². The zero-order valence-electron chi connectivity index (χ0n) is 15.6. The van der Waals surface area contributed by atoms with Crippen molar-refractivity contribution in [2.45, 2.75) is 43.6 Å². The molecule has 1 N–H and O–H groups in total. The van der Waals surface area contributed by atoms with E-state index in [2.05, 4.69) is 4.90 Å². The number of benzene rings is 2. The van der Waals surface area contributed by atoms with Gasteiger partial charge in [-0.25, -0.2) is 17.6 Å². The summed E-state index contributed by atoms with van der Waals surface area (Å²) in [5, 5.41) is 9.88. The van der Waals surface area contributed by atoms with E-state index in [1.165, 1.54) is 24.3 Å². The van der Waals surface area contributed by atoms with Gasteiger partial charge < -0.3 is 10.0 Å². The first-order valence-electron chi connectivity index (χ1n) is 9.61. The molecule has 0 saturated carbocycles. The first-order chi connectivity index (χ1) is 13.4. The molecule has 6 heteroatoms. The van der Waals surface area contributed by atoms with Crippen molar-refractivity contribution in [1.29, 1.82) is 0 Å². The van der Waals surface area contributed by atoms with Gasteiger partial charge in [0.25, 0.3) is 6.43 Å². The Bertz CT molecular complexity index is 695. The number of alkyl halides is 2. The van der Waals surface area contributed by atoms with Crippen molar-refractivity contribution in [3.63, 3.8) is 0 Å². The zero-order chi connectivity index (χ0) is 20.1. The van der Waals surface area contributed by atoms with Crippen molar-refractivity contribution in [3.8, 4) is 0 Å². The molecule has 3 rings (SSSR count). The minimum Gasteiger partial charge on any atom is -0.384 e. The normalized spacial score (nSPS) is 17.4. The molecule has 1 fully saturated rings. The van der Waals surface area contributed by atoms with Crippen molar-refractivity contribution in [2.75, 3.05) is 19.6 Å². The van der Waals surface area contributed by atoms with E-state index in [4.69, 9.17) is 0 Å². The van der Waals surface area contributed by atoms with Crippen LogP contribution < -0.4 is 0 Å². The molecule has 0 atom stereocenters. The molecule has 28 heavy (non-hydrogen) atoms. The first kappa shape index (κ1) is 20.8. The lowest BCUT2D eigenvalue weighted by Gasteiger charge is -2.37. The Labute approximate surface area is 162 Å². The smallest absolute Gasteiger partial charge is 0.266 e. The molecule has 2 aromatic rings. The number of hydrogen-bond acceptors (Lipinski definition) is 2. The minimum absolute atomic E-state index is 0.00369. The third kappa shape index (κ3) is 5.11. The van der Waals surface area contributed by atoms with E-state index in [0.29, 0.717) is 13.1 Å². The maximum absolute atomic E-state index is 13.3. The molecule has 1 aliphatic heterocycles. The minimum atomic E-state index is -2.71. The Kier molecular flexibility index (Phi) is 6.73. The molecule has 1 saturated heterocycles. The van der Waals surface area contributed by atoms with Crippen LogP contribution in [0.4, 0.5) is 17.6 Å². The van der Waals surface area contributed by atoms with Gasteiger partial charge in [-0.1, -0.05) is 24.3 Å². The number of piperidine rings is 1. The molecule has 1 aliphatic rings. The second-order valence-corrected chi connectivity index (χ2v) is 7.54. The quantitative estimate of drug-likeness (QED) is 0.669. The molecule has 0 bridgehead atoms. The lowest BCUT2D eigenvalue weighted by Crippen LogP contribution is -2.48. The lowest BCUT2D eigenvalue weighted by molar-refractivity contribution is -0.126. The molecule has 2 nitrogen and oxygen atoms in total. The summed E-state index contributed by atoms with van der Waals surface area (Å²) in [4.78, 5) is 2.09. The maximum Gasteiger partial charge on any atom is 0.266 e. The Morgan fingerprint density at radius 2 is 1.32 bits per heavy atom. The van der Waals surface area contributed by atoms with E-state index < -0.39 is 12.0 Å². The summed E-state index contributed by atoms with van der Waals surface area (Å²) >= 11 is 0. The predicted octanol–water partition coefficient (Wildman–Crippen LogP) is 4.97. The summed E-state index contributed by atoms with van der Waals surface area (Å²) in [6, 6.07) is 12.6. The van der Waals surface area contributed by atoms with Gasteiger partial charge in [0, 0.05) is 19.0 Å². The first-order valence-corrected chi connectivity index (χ1v) is 9.61. The highest BCUT2D eigenvalue weighted by Crippen LogP contribution is 2.31. The van der Waals surface area contributed by atoms with E-state index in [1.807, 2.05) is 0 Å². The second-order valence-electron chi connectivity index (χ2n) is 7.54. The molecular formula is C22H25F4NO. The molecule has 0 aliphatic carbocycles. The van der Waals surface area contributed by atoms with Crippen LogP contribution in [0.25, 0.3) is 0 Å². The van der Waals surface area contributed by atoms with Crippen LogP contribution in [0.15, 0.2) is 48.5 Å². The summed E-state index contributed by atoms with van der Waals surface area (Å²) in [5.41, 5.74) is 0.0544. The van der Waals surface area contributed by atoms with Crippen molar-refractivity contribution < 1.29 is 22.7 Å². The maximum atomic E-state index is 13.3. The molecule has 1 heterocycles. The van der Waals surface area contributed by atoms with Crippen molar-refractivity contribution in [2.24, 2.45) is 0 Å².